The molecule has 4 nitrogen and oxygen atoms in total. The minimum absolute atomic E-state index is 0.277. The molecule has 1 saturated heterocycles. The summed E-state index contributed by atoms with van der Waals surface area (Å²) in [6.07, 6.45) is 1.86. The van der Waals surface area contributed by atoms with Crippen molar-refractivity contribution in [1.29, 1.82) is 0 Å². The van der Waals surface area contributed by atoms with Crippen molar-refractivity contribution < 1.29 is 5.11 Å². The molecule has 0 radical (unpaired) electrons. The van der Waals surface area contributed by atoms with E-state index in [2.05, 4.69) is 26.6 Å². The predicted molar refractivity (Wildman–Crippen MR) is 85.8 cm³/mol. The molecule has 1 aliphatic heterocycles. The van der Waals surface area contributed by atoms with Gasteiger partial charge in [0.15, 0.2) is 5.13 Å². The van der Waals surface area contributed by atoms with Crippen LogP contribution in [0.4, 0.5) is 5.13 Å². The summed E-state index contributed by atoms with van der Waals surface area (Å²) in [5, 5.41) is 12.4. The number of anilines is 1. The summed E-state index contributed by atoms with van der Waals surface area (Å²) in [6.45, 7) is 4.84. The molecule has 2 aromatic rings. The molecule has 0 saturated carbocycles. The van der Waals surface area contributed by atoms with Crippen LogP contribution in [0.2, 0.25) is 0 Å². The Morgan fingerprint density at radius 3 is 2.57 bits per heavy atom. The molecule has 1 N–H and O–H groups in total. The highest BCUT2D eigenvalue weighted by atomic mass is 32.1. The summed E-state index contributed by atoms with van der Waals surface area (Å²) in [4.78, 5) is 9.04. The lowest BCUT2D eigenvalue weighted by Crippen LogP contribution is -2.46. The second kappa shape index (κ2) is 6.61. The number of phenolic OH excluding ortho intramolecular Hbond substituents is 1. The van der Waals surface area contributed by atoms with Crippen molar-refractivity contribution >= 4 is 16.5 Å². The Labute approximate surface area is 128 Å². The van der Waals surface area contributed by atoms with Gasteiger partial charge in [-0.1, -0.05) is 11.8 Å². The molecule has 0 aliphatic carbocycles. The average Bonchev–Trinajstić information content (AvgIpc) is 3.04. The molecule has 0 atom stereocenters. The lowest BCUT2D eigenvalue weighted by molar-refractivity contribution is 0.288. The van der Waals surface area contributed by atoms with E-state index in [1.807, 2.05) is 23.7 Å². The summed E-state index contributed by atoms with van der Waals surface area (Å²) >= 11 is 1.69. The van der Waals surface area contributed by atoms with Gasteiger partial charge in [-0.25, -0.2) is 4.98 Å². The van der Waals surface area contributed by atoms with Gasteiger partial charge in [0, 0.05) is 43.3 Å². The van der Waals surface area contributed by atoms with E-state index in [9.17, 15) is 5.11 Å². The summed E-state index contributed by atoms with van der Waals surface area (Å²) in [6, 6.07) is 7.00. The van der Waals surface area contributed by atoms with Crippen LogP contribution < -0.4 is 4.90 Å². The highest BCUT2D eigenvalue weighted by molar-refractivity contribution is 7.13. The Balaban J connectivity index is 1.49. The van der Waals surface area contributed by atoms with Gasteiger partial charge in [-0.05, 0) is 24.3 Å². The number of benzene rings is 1. The van der Waals surface area contributed by atoms with E-state index in [1.165, 1.54) is 0 Å². The minimum Gasteiger partial charge on any atom is -0.508 e. The molecule has 21 heavy (non-hydrogen) atoms. The van der Waals surface area contributed by atoms with E-state index < -0.39 is 0 Å². The Kier molecular flexibility index (Phi) is 4.39. The fourth-order valence-electron chi connectivity index (χ4n) is 2.27. The molecule has 1 aliphatic rings. The van der Waals surface area contributed by atoms with Gasteiger partial charge in [0.25, 0.3) is 0 Å². The molecule has 2 heterocycles. The van der Waals surface area contributed by atoms with E-state index in [-0.39, 0.29) is 5.75 Å². The van der Waals surface area contributed by atoms with Crippen molar-refractivity contribution in [3.05, 3.63) is 41.4 Å². The number of nitrogens with zero attached hydrogens (tertiary/aromatic N) is 3. The van der Waals surface area contributed by atoms with E-state index in [4.69, 9.17) is 0 Å². The Morgan fingerprint density at radius 1 is 1.14 bits per heavy atom. The van der Waals surface area contributed by atoms with Gasteiger partial charge in [-0.3, -0.25) is 4.90 Å². The zero-order chi connectivity index (χ0) is 14.5. The molecule has 0 spiro atoms. The second-order valence-corrected chi connectivity index (χ2v) is 5.80. The summed E-state index contributed by atoms with van der Waals surface area (Å²) in [5.41, 5.74) is 0.939. The first kappa shape index (κ1) is 13.9. The molecule has 1 fully saturated rings. The first-order chi connectivity index (χ1) is 10.3. The van der Waals surface area contributed by atoms with E-state index in [0.717, 1.165) is 43.4 Å². The fourth-order valence-corrected chi connectivity index (χ4v) is 2.96. The van der Waals surface area contributed by atoms with Crippen LogP contribution in [0.15, 0.2) is 35.8 Å². The topological polar surface area (TPSA) is 39.6 Å². The van der Waals surface area contributed by atoms with Gasteiger partial charge < -0.3 is 10.0 Å². The normalized spacial score (nSPS) is 15.5. The molecule has 5 heteroatoms. The van der Waals surface area contributed by atoms with Crippen molar-refractivity contribution in [2.45, 2.75) is 0 Å². The Morgan fingerprint density at radius 2 is 1.90 bits per heavy atom. The van der Waals surface area contributed by atoms with Crippen LogP contribution in [-0.4, -0.2) is 47.7 Å². The molecule has 0 bridgehead atoms. The summed E-state index contributed by atoms with van der Waals surface area (Å²) in [7, 11) is 0. The minimum atomic E-state index is 0.277. The van der Waals surface area contributed by atoms with Gasteiger partial charge in [-0.2, -0.15) is 0 Å². The predicted octanol–water partition coefficient (Wildman–Crippen LogP) is 2.02. The van der Waals surface area contributed by atoms with Crippen molar-refractivity contribution in [3.63, 3.8) is 0 Å². The van der Waals surface area contributed by atoms with E-state index >= 15 is 0 Å². The van der Waals surface area contributed by atoms with Crippen LogP contribution in [-0.2, 0) is 0 Å². The number of thiazole rings is 1. The Bertz CT molecular complexity index is 620. The number of aromatic nitrogens is 1. The van der Waals surface area contributed by atoms with Gasteiger partial charge in [-0.15, -0.1) is 11.3 Å². The highest BCUT2D eigenvalue weighted by Gasteiger charge is 2.17. The second-order valence-electron chi connectivity index (χ2n) is 4.93. The fraction of sp³-hybridized carbons (Fsp3) is 0.312. The maximum Gasteiger partial charge on any atom is 0.185 e. The molecule has 3 rings (SSSR count). The van der Waals surface area contributed by atoms with Crippen molar-refractivity contribution in [2.24, 2.45) is 0 Å². The van der Waals surface area contributed by atoms with Crippen LogP contribution in [0.3, 0.4) is 0 Å². The van der Waals surface area contributed by atoms with Gasteiger partial charge in [0.1, 0.15) is 5.75 Å². The Hall–Kier alpha value is -2.03. The standard InChI is InChI=1S/C16H17N3OS/c20-15-5-3-14(4-6-15)2-1-8-18-9-11-19(12-10-18)16-17-7-13-21-16/h3-7,13,20H,8-12H2. The first-order valence-corrected chi connectivity index (χ1v) is 7.84. The van der Waals surface area contributed by atoms with Crippen LogP contribution in [0.25, 0.3) is 0 Å². The third-order valence-corrected chi connectivity index (χ3v) is 4.30. The van der Waals surface area contributed by atoms with Crippen LogP contribution in [0.1, 0.15) is 5.56 Å². The van der Waals surface area contributed by atoms with Gasteiger partial charge in [0.2, 0.25) is 0 Å². The molecule has 108 valence electrons. The van der Waals surface area contributed by atoms with E-state index in [0.29, 0.717) is 0 Å². The average molecular weight is 299 g/mol. The van der Waals surface area contributed by atoms with Gasteiger partial charge in [0.05, 0.1) is 6.54 Å². The molecule has 1 aromatic heterocycles. The number of rotatable bonds is 2. The number of hydrogen-bond donors (Lipinski definition) is 1. The van der Waals surface area contributed by atoms with E-state index in [1.54, 1.807) is 23.5 Å². The summed E-state index contributed by atoms with van der Waals surface area (Å²) in [5.74, 6) is 6.61. The zero-order valence-electron chi connectivity index (χ0n) is 11.7. The molecule has 1 aromatic carbocycles. The monoisotopic (exact) mass is 299 g/mol. The first-order valence-electron chi connectivity index (χ1n) is 6.96. The summed E-state index contributed by atoms with van der Waals surface area (Å²) < 4.78 is 0. The van der Waals surface area contributed by atoms with Crippen molar-refractivity contribution in [3.8, 4) is 17.6 Å². The quantitative estimate of drug-likeness (QED) is 0.861. The molecular weight excluding hydrogens is 282 g/mol. The SMILES string of the molecule is Oc1ccc(C#CCN2CCN(c3nccs3)CC2)cc1. The van der Waals surface area contributed by atoms with Crippen molar-refractivity contribution in [1.82, 2.24) is 9.88 Å². The third kappa shape index (κ3) is 3.75. The lowest BCUT2D eigenvalue weighted by Gasteiger charge is -2.33. The largest absolute Gasteiger partial charge is 0.508 e. The number of piperazine rings is 1. The highest BCUT2D eigenvalue weighted by Crippen LogP contribution is 2.18. The number of phenols is 1. The maximum atomic E-state index is 9.22. The van der Waals surface area contributed by atoms with Gasteiger partial charge >= 0.3 is 0 Å². The molecular formula is C16H17N3OS. The number of hydrogen-bond acceptors (Lipinski definition) is 5. The van der Waals surface area contributed by atoms with Crippen LogP contribution >= 0.6 is 11.3 Å². The number of aromatic hydroxyl groups is 1. The third-order valence-electron chi connectivity index (χ3n) is 3.46. The lowest BCUT2D eigenvalue weighted by atomic mass is 10.2. The van der Waals surface area contributed by atoms with Crippen LogP contribution in [0.5, 0.6) is 5.75 Å². The maximum absolute atomic E-state index is 9.22. The van der Waals surface area contributed by atoms with Crippen LogP contribution in [0, 0.1) is 11.8 Å². The molecule has 0 amide bonds. The van der Waals surface area contributed by atoms with Crippen molar-refractivity contribution in [2.75, 3.05) is 37.6 Å². The smallest absolute Gasteiger partial charge is 0.185 e. The zero-order valence-corrected chi connectivity index (χ0v) is 12.5. The molecule has 0 unspecified atom stereocenters.